The summed E-state index contributed by atoms with van der Waals surface area (Å²) in [6.07, 6.45) is 0. The van der Waals surface area contributed by atoms with E-state index in [1.807, 2.05) is 11.4 Å². The summed E-state index contributed by atoms with van der Waals surface area (Å²) in [6, 6.07) is 2.96. The molecule has 2 amide bonds. The van der Waals surface area contributed by atoms with E-state index in [2.05, 4.69) is 5.32 Å². The number of amides is 2. The third kappa shape index (κ3) is 2.84. The molecule has 0 spiro atoms. The maximum Gasteiger partial charge on any atom is 0.352 e. The molecule has 2 aromatic rings. The molecule has 0 bridgehead atoms. The maximum atomic E-state index is 12.7. The van der Waals surface area contributed by atoms with E-state index < -0.39 is 35.2 Å². The summed E-state index contributed by atoms with van der Waals surface area (Å²) < 4.78 is 0.804. The number of hydrogen-bond donors (Lipinski definition) is 4. The predicted molar refractivity (Wildman–Crippen MR) is 106 cm³/mol. The van der Waals surface area contributed by atoms with Gasteiger partial charge in [-0.3, -0.25) is 14.5 Å². The van der Waals surface area contributed by atoms with Crippen LogP contribution in [0.5, 0.6) is 5.75 Å². The molecule has 0 saturated carbocycles. The Bertz CT molecular complexity index is 1050. The fourth-order valence-corrected chi connectivity index (χ4v) is 5.65. The van der Waals surface area contributed by atoms with Crippen LogP contribution in [-0.4, -0.2) is 50.1 Å². The minimum absolute atomic E-state index is 0.00800. The molecule has 5 N–H and O–H groups in total. The van der Waals surface area contributed by atoms with E-state index >= 15 is 0 Å². The summed E-state index contributed by atoms with van der Waals surface area (Å²) in [5.74, 6) is -1.70. The number of nitrogens with one attached hydrogen (secondary N) is 1. The second-order valence-electron chi connectivity index (χ2n) is 6.68. The summed E-state index contributed by atoms with van der Waals surface area (Å²) in [7, 11) is 0. The van der Waals surface area contributed by atoms with Gasteiger partial charge in [0.25, 0.3) is 5.91 Å². The van der Waals surface area contributed by atoms with Gasteiger partial charge in [-0.25, -0.2) is 4.79 Å². The number of rotatable bonds is 4. The molecule has 28 heavy (non-hydrogen) atoms. The molecule has 1 aromatic carbocycles. The summed E-state index contributed by atoms with van der Waals surface area (Å²) >= 11 is 2.82. The number of phenols is 1. The molecule has 1 aromatic heterocycles. The molecule has 8 nitrogen and oxygen atoms in total. The summed E-state index contributed by atoms with van der Waals surface area (Å²) in [5, 5.41) is 24.0. The largest absolute Gasteiger partial charge is 0.508 e. The summed E-state index contributed by atoms with van der Waals surface area (Å²) in [5.41, 5.74) is 7.18. The van der Waals surface area contributed by atoms with Gasteiger partial charge in [-0.2, -0.15) is 0 Å². The van der Waals surface area contributed by atoms with Crippen LogP contribution in [0, 0.1) is 0 Å². The van der Waals surface area contributed by atoms with Crippen molar-refractivity contribution in [2.75, 3.05) is 5.75 Å². The van der Waals surface area contributed by atoms with Gasteiger partial charge in [-0.15, -0.1) is 23.1 Å². The van der Waals surface area contributed by atoms with Crippen molar-refractivity contribution in [3.8, 4) is 5.75 Å². The average molecular weight is 419 g/mol. The molecule has 2 aliphatic rings. The molecule has 4 rings (SSSR count). The smallest absolute Gasteiger partial charge is 0.352 e. The average Bonchev–Trinajstić information content (AvgIpc) is 3.12. The number of carbonyl (C=O) groups is 3. The highest BCUT2D eigenvalue weighted by Crippen LogP contribution is 2.40. The Hall–Kier alpha value is -2.56. The minimum atomic E-state index is -1.16. The highest BCUT2D eigenvalue weighted by molar-refractivity contribution is 8.00. The van der Waals surface area contributed by atoms with Gasteiger partial charge in [0.15, 0.2) is 0 Å². The van der Waals surface area contributed by atoms with Crippen molar-refractivity contribution >= 4 is 51.0 Å². The number of carboxylic acid groups (broad SMARTS) is 1. The van der Waals surface area contributed by atoms with Gasteiger partial charge in [0.1, 0.15) is 28.9 Å². The number of aliphatic carboxylic acids is 1. The quantitative estimate of drug-likeness (QED) is 0.550. The lowest BCUT2D eigenvalue weighted by Gasteiger charge is -2.49. The second kappa shape index (κ2) is 6.80. The number of phenolic OH excluding ortho intramolecular Hbond substituents is 1. The number of thiophene rings is 1. The number of nitrogens with zero attached hydrogens (tertiary/aromatic N) is 1. The lowest BCUT2D eigenvalue weighted by Crippen LogP contribution is -2.71. The number of benzene rings is 1. The third-order valence-electron chi connectivity index (χ3n) is 4.87. The third-order valence-corrected chi connectivity index (χ3v) is 7.15. The fraction of sp³-hybridized carbons (Fsp3) is 0.278. The van der Waals surface area contributed by atoms with E-state index in [1.54, 1.807) is 13.0 Å². The maximum absolute atomic E-state index is 12.7. The molecule has 3 atom stereocenters. The van der Waals surface area contributed by atoms with Crippen LogP contribution in [-0.2, 0) is 14.4 Å². The zero-order valence-corrected chi connectivity index (χ0v) is 16.3. The van der Waals surface area contributed by atoms with Crippen LogP contribution >= 0.6 is 23.1 Å². The van der Waals surface area contributed by atoms with E-state index in [-0.39, 0.29) is 11.4 Å². The summed E-state index contributed by atoms with van der Waals surface area (Å²) in [4.78, 5) is 37.9. The van der Waals surface area contributed by atoms with E-state index in [0.717, 1.165) is 10.1 Å². The van der Waals surface area contributed by atoms with Gasteiger partial charge < -0.3 is 21.3 Å². The molecule has 1 unspecified atom stereocenters. The van der Waals surface area contributed by atoms with Gasteiger partial charge in [0.2, 0.25) is 5.91 Å². The second-order valence-corrected chi connectivity index (χ2v) is 8.73. The van der Waals surface area contributed by atoms with Crippen LogP contribution in [0.15, 0.2) is 34.8 Å². The van der Waals surface area contributed by atoms with Crippen molar-refractivity contribution in [1.29, 1.82) is 0 Å². The molecule has 3 heterocycles. The molecule has 1 fully saturated rings. The first kappa shape index (κ1) is 18.8. The van der Waals surface area contributed by atoms with E-state index in [1.165, 1.54) is 34.1 Å². The Balaban J connectivity index is 1.54. The van der Waals surface area contributed by atoms with Crippen LogP contribution in [0.2, 0.25) is 0 Å². The molecular weight excluding hydrogens is 402 g/mol. The highest BCUT2D eigenvalue weighted by atomic mass is 32.2. The van der Waals surface area contributed by atoms with Crippen molar-refractivity contribution in [2.45, 2.75) is 24.4 Å². The number of nitrogens with two attached hydrogens (primary N) is 1. The number of carbonyl (C=O) groups excluding carboxylic acids is 2. The minimum Gasteiger partial charge on any atom is -0.508 e. The number of hydrogen-bond acceptors (Lipinski definition) is 7. The molecule has 10 heteroatoms. The van der Waals surface area contributed by atoms with Gasteiger partial charge in [0, 0.05) is 10.5 Å². The van der Waals surface area contributed by atoms with Crippen LogP contribution in [0.25, 0.3) is 10.1 Å². The number of thioether (sulfide) groups is 1. The Kier molecular flexibility index (Phi) is 4.56. The number of carboxylic acids is 1. The molecule has 2 aliphatic heterocycles. The topological polar surface area (TPSA) is 133 Å². The zero-order chi connectivity index (χ0) is 20.2. The zero-order valence-electron chi connectivity index (χ0n) is 14.7. The predicted octanol–water partition coefficient (Wildman–Crippen LogP) is 1.37. The van der Waals surface area contributed by atoms with Crippen LogP contribution in [0.3, 0.4) is 0 Å². The van der Waals surface area contributed by atoms with Crippen molar-refractivity contribution in [3.63, 3.8) is 0 Å². The number of aromatic hydroxyl groups is 1. The first-order valence-corrected chi connectivity index (χ1v) is 10.4. The van der Waals surface area contributed by atoms with Crippen molar-refractivity contribution in [1.82, 2.24) is 10.2 Å². The normalized spacial score (nSPS) is 22.6. The number of fused-ring (bicyclic) bond motifs is 2. The Morgan fingerprint density at radius 2 is 2.14 bits per heavy atom. The van der Waals surface area contributed by atoms with E-state index in [9.17, 15) is 24.6 Å². The SMILES string of the molecule is CC1=C(C(=O)O)N2C(=O)[C@@H](NC(=O)C(N)c3cc(O)cc4sccc34)[C@H]2SC1. The van der Waals surface area contributed by atoms with Gasteiger partial charge in [0.05, 0.1) is 0 Å². The standard InChI is InChI=1S/C18H17N3O5S2/c1-7-6-28-17-13(16(24)21(17)14(7)18(25)26)20-15(23)12(19)10-4-8(22)5-11-9(10)2-3-27-11/h2-5,12-13,17,22H,6,19H2,1H3,(H,20,23)(H,25,26)/t12?,13-,17-/m1/s1. The van der Waals surface area contributed by atoms with Gasteiger partial charge >= 0.3 is 5.97 Å². The first-order valence-electron chi connectivity index (χ1n) is 8.43. The summed E-state index contributed by atoms with van der Waals surface area (Å²) in [6.45, 7) is 1.68. The first-order chi connectivity index (χ1) is 13.3. The van der Waals surface area contributed by atoms with Crippen molar-refractivity contribution < 1.29 is 24.6 Å². The van der Waals surface area contributed by atoms with Crippen LogP contribution < -0.4 is 11.1 Å². The van der Waals surface area contributed by atoms with Gasteiger partial charge in [-0.05, 0) is 47.0 Å². The van der Waals surface area contributed by atoms with Crippen LogP contribution in [0.4, 0.5) is 0 Å². The van der Waals surface area contributed by atoms with Crippen molar-refractivity contribution in [2.24, 2.45) is 5.73 Å². The Morgan fingerprint density at radius 3 is 2.86 bits per heavy atom. The number of β-lactam (4-membered cyclic amide) rings is 1. The molecule has 146 valence electrons. The Labute approximate surface area is 168 Å². The molecule has 1 saturated heterocycles. The van der Waals surface area contributed by atoms with Gasteiger partial charge in [-0.1, -0.05) is 0 Å². The van der Waals surface area contributed by atoms with Crippen molar-refractivity contribution in [3.05, 3.63) is 40.4 Å². The van der Waals surface area contributed by atoms with E-state index in [0.29, 0.717) is 16.9 Å². The Morgan fingerprint density at radius 1 is 1.39 bits per heavy atom. The molecule has 0 radical (unpaired) electrons. The lowest BCUT2D eigenvalue weighted by molar-refractivity contribution is -0.150. The molecule has 0 aliphatic carbocycles. The highest BCUT2D eigenvalue weighted by Gasteiger charge is 2.53. The van der Waals surface area contributed by atoms with Crippen LogP contribution in [0.1, 0.15) is 18.5 Å². The molecular formula is C18H17N3O5S2. The monoisotopic (exact) mass is 419 g/mol. The lowest BCUT2D eigenvalue weighted by atomic mass is 9.99. The fourth-order valence-electron chi connectivity index (χ4n) is 3.50. The van der Waals surface area contributed by atoms with E-state index in [4.69, 9.17) is 5.73 Å².